The van der Waals surface area contributed by atoms with Crippen molar-refractivity contribution in [2.45, 2.75) is 18.0 Å². The van der Waals surface area contributed by atoms with E-state index in [1.807, 2.05) is 0 Å². The molecule has 0 fully saturated rings. The van der Waals surface area contributed by atoms with E-state index < -0.39 is 30.7 Å². The molecular formula is C6H5F7O. The van der Waals surface area contributed by atoms with E-state index in [4.69, 9.17) is 5.11 Å². The third-order valence-electron chi connectivity index (χ3n) is 1.28. The maximum atomic E-state index is 12.5. The van der Waals surface area contributed by atoms with Crippen molar-refractivity contribution >= 4 is 0 Å². The van der Waals surface area contributed by atoms with E-state index in [1.165, 1.54) is 0 Å². The van der Waals surface area contributed by atoms with Crippen molar-refractivity contribution in [1.82, 2.24) is 0 Å². The van der Waals surface area contributed by atoms with Crippen LogP contribution in [-0.4, -0.2) is 29.7 Å². The maximum absolute atomic E-state index is 12.5. The Morgan fingerprint density at radius 3 is 1.43 bits per heavy atom. The fraction of sp³-hybridized carbons (Fsp3) is 0.667. The third-order valence-corrected chi connectivity index (χ3v) is 1.28. The van der Waals surface area contributed by atoms with Gasteiger partial charge in [0.05, 0.1) is 6.61 Å². The topological polar surface area (TPSA) is 20.2 Å². The van der Waals surface area contributed by atoms with Crippen LogP contribution in [0.3, 0.4) is 0 Å². The Balaban J connectivity index is 5.18. The number of hydrogen-bond acceptors (Lipinski definition) is 1. The van der Waals surface area contributed by atoms with Crippen LogP contribution in [0.4, 0.5) is 30.7 Å². The molecule has 84 valence electrons. The molecule has 0 aromatic rings. The van der Waals surface area contributed by atoms with E-state index in [-0.39, 0.29) is 6.08 Å². The van der Waals surface area contributed by atoms with Crippen molar-refractivity contribution < 1.29 is 35.8 Å². The van der Waals surface area contributed by atoms with Gasteiger partial charge >= 0.3 is 18.0 Å². The Morgan fingerprint density at radius 1 is 0.857 bits per heavy atom. The van der Waals surface area contributed by atoms with Crippen LogP contribution in [0.2, 0.25) is 0 Å². The van der Waals surface area contributed by atoms with Crippen LogP contribution >= 0.6 is 0 Å². The number of halogens is 7. The Morgan fingerprint density at radius 2 is 1.21 bits per heavy atom. The highest BCUT2D eigenvalue weighted by Crippen LogP contribution is 2.46. The van der Waals surface area contributed by atoms with Gasteiger partial charge in [0, 0.05) is 0 Å². The second-order valence-corrected chi connectivity index (χ2v) is 2.29. The lowest BCUT2D eigenvalue weighted by molar-refractivity contribution is -0.322. The minimum absolute atomic E-state index is 0.0426. The van der Waals surface area contributed by atoms with Gasteiger partial charge in [0.2, 0.25) is 0 Å². The largest absolute Gasteiger partial charge is 0.435 e. The van der Waals surface area contributed by atoms with Crippen LogP contribution in [0.5, 0.6) is 0 Å². The lowest BCUT2D eigenvalue weighted by atomic mass is 10.0. The summed E-state index contributed by atoms with van der Waals surface area (Å²) in [7, 11) is 0. The molecule has 0 amide bonds. The highest BCUT2D eigenvalue weighted by atomic mass is 19.4. The molecule has 0 radical (unpaired) electrons. The minimum atomic E-state index is -6.10. The number of rotatable bonds is 2. The van der Waals surface area contributed by atoms with Gasteiger partial charge in [-0.3, -0.25) is 0 Å². The predicted octanol–water partition coefficient (Wildman–Crippen LogP) is 2.37. The lowest BCUT2D eigenvalue weighted by Gasteiger charge is -2.26. The van der Waals surface area contributed by atoms with E-state index in [2.05, 4.69) is 0 Å². The maximum Gasteiger partial charge on any atom is 0.435 e. The third kappa shape index (κ3) is 2.37. The summed E-state index contributed by atoms with van der Waals surface area (Å²) >= 11 is 0. The van der Waals surface area contributed by atoms with E-state index >= 15 is 0 Å². The number of aliphatic hydroxyl groups is 1. The van der Waals surface area contributed by atoms with Crippen molar-refractivity contribution in [3.8, 4) is 0 Å². The van der Waals surface area contributed by atoms with Crippen molar-refractivity contribution in [2.75, 3.05) is 6.61 Å². The summed E-state index contributed by atoms with van der Waals surface area (Å²) in [6, 6.07) is 0. The fourth-order valence-corrected chi connectivity index (χ4v) is 0.565. The molecule has 14 heavy (non-hydrogen) atoms. The summed E-state index contributed by atoms with van der Waals surface area (Å²) < 4.78 is 82.7. The molecule has 0 unspecified atom stereocenters. The van der Waals surface area contributed by atoms with E-state index in [0.717, 1.165) is 0 Å². The molecule has 0 heterocycles. The zero-order valence-corrected chi connectivity index (χ0v) is 6.45. The van der Waals surface area contributed by atoms with Gasteiger partial charge in [-0.05, 0) is 6.08 Å². The number of aliphatic hydroxyl groups excluding tert-OH is 1. The molecule has 0 spiro atoms. The van der Waals surface area contributed by atoms with Crippen LogP contribution in [0.25, 0.3) is 0 Å². The van der Waals surface area contributed by atoms with Gasteiger partial charge in [0.25, 0.3) is 0 Å². The Kier molecular flexibility index (Phi) is 3.54. The molecule has 0 aliphatic rings. The van der Waals surface area contributed by atoms with Crippen LogP contribution in [0.15, 0.2) is 12.2 Å². The quantitative estimate of drug-likeness (QED) is 0.566. The van der Waals surface area contributed by atoms with Crippen LogP contribution in [0.1, 0.15) is 0 Å². The van der Waals surface area contributed by atoms with Gasteiger partial charge in [-0.25, -0.2) is 4.39 Å². The highest BCUT2D eigenvalue weighted by molar-refractivity contribution is 5.10. The SMILES string of the molecule is OC/C=C\C(F)(C(F)(F)F)C(F)(F)F. The first-order valence-corrected chi connectivity index (χ1v) is 3.17. The van der Waals surface area contributed by atoms with Gasteiger partial charge in [0.15, 0.2) is 0 Å². The molecule has 0 aliphatic heterocycles. The van der Waals surface area contributed by atoms with Gasteiger partial charge in [-0.15, -0.1) is 0 Å². The van der Waals surface area contributed by atoms with E-state index in [1.54, 1.807) is 0 Å². The Bertz CT molecular complexity index is 199. The molecule has 8 heteroatoms. The van der Waals surface area contributed by atoms with Gasteiger partial charge in [-0.2, -0.15) is 26.3 Å². The van der Waals surface area contributed by atoms with Gasteiger partial charge < -0.3 is 5.11 Å². The average molecular weight is 226 g/mol. The zero-order chi connectivity index (χ0) is 11.6. The lowest BCUT2D eigenvalue weighted by Crippen LogP contribution is -2.51. The van der Waals surface area contributed by atoms with Gasteiger partial charge in [0.1, 0.15) is 0 Å². The molecule has 0 aromatic carbocycles. The zero-order valence-electron chi connectivity index (χ0n) is 6.45. The Hall–Kier alpha value is -0.790. The molecule has 1 nitrogen and oxygen atoms in total. The first kappa shape index (κ1) is 13.2. The van der Waals surface area contributed by atoms with Gasteiger partial charge in [-0.1, -0.05) is 6.08 Å². The summed E-state index contributed by atoms with van der Waals surface area (Å²) in [5.41, 5.74) is -5.41. The average Bonchev–Trinajstić information content (AvgIpc) is 1.95. The molecule has 0 aromatic heterocycles. The fourth-order valence-electron chi connectivity index (χ4n) is 0.565. The molecule has 0 bridgehead atoms. The van der Waals surface area contributed by atoms with Crippen molar-refractivity contribution in [3.63, 3.8) is 0 Å². The molecule has 0 aliphatic carbocycles. The summed E-state index contributed by atoms with van der Waals surface area (Å²) in [6.45, 7) is -1.11. The summed E-state index contributed by atoms with van der Waals surface area (Å²) in [4.78, 5) is 0. The smallest absolute Gasteiger partial charge is 0.392 e. The number of alkyl halides is 7. The number of hydrogen-bond donors (Lipinski definition) is 1. The van der Waals surface area contributed by atoms with E-state index in [9.17, 15) is 30.7 Å². The Labute approximate surface area is 73.8 Å². The summed E-state index contributed by atoms with van der Waals surface area (Å²) in [5, 5.41) is 7.97. The second kappa shape index (κ2) is 3.76. The second-order valence-electron chi connectivity index (χ2n) is 2.29. The molecule has 1 N–H and O–H groups in total. The molecule has 0 rings (SSSR count). The number of allylic oxidation sites excluding steroid dienone is 1. The standard InChI is InChI=1S/C6H5F7O/c7-4(2-1-3-14,5(8,9)10)6(11,12)13/h1-2,14H,3H2/b2-1-. The van der Waals surface area contributed by atoms with Crippen LogP contribution in [0, 0.1) is 0 Å². The van der Waals surface area contributed by atoms with Crippen LogP contribution < -0.4 is 0 Å². The molecular weight excluding hydrogens is 221 g/mol. The highest BCUT2D eigenvalue weighted by Gasteiger charge is 2.70. The van der Waals surface area contributed by atoms with Crippen molar-refractivity contribution in [2.24, 2.45) is 0 Å². The van der Waals surface area contributed by atoms with Crippen LogP contribution in [-0.2, 0) is 0 Å². The van der Waals surface area contributed by atoms with Crippen molar-refractivity contribution in [3.05, 3.63) is 12.2 Å². The molecule has 0 saturated heterocycles. The minimum Gasteiger partial charge on any atom is -0.392 e. The first-order valence-electron chi connectivity index (χ1n) is 3.17. The first-order chi connectivity index (χ1) is 6.06. The molecule has 0 saturated carbocycles. The monoisotopic (exact) mass is 226 g/mol. The molecule has 0 atom stereocenters. The summed E-state index contributed by atoms with van der Waals surface area (Å²) in [6.07, 6.45) is -12.9. The van der Waals surface area contributed by atoms with Crippen molar-refractivity contribution in [1.29, 1.82) is 0 Å². The predicted molar refractivity (Wildman–Crippen MR) is 32.2 cm³/mol. The van der Waals surface area contributed by atoms with E-state index in [0.29, 0.717) is 0 Å². The normalized spacial score (nSPS) is 15.1. The summed E-state index contributed by atoms with van der Waals surface area (Å²) in [5.74, 6) is 0.